The van der Waals surface area contributed by atoms with Crippen LogP contribution in [0.25, 0.3) is 0 Å². The third kappa shape index (κ3) is 3.75. The predicted octanol–water partition coefficient (Wildman–Crippen LogP) is 3.84. The SMILES string of the molecule is CC1CC1c1ccc(CN(C(=O)COc2cccc(C#N)c2)C2CC2)o1. The molecule has 26 heavy (non-hydrogen) atoms. The molecule has 0 saturated heterocycles. The maximum Gasteiger partial charge on any atom is 0.261 e. The lowest BCUT2D eigenvalue weighted by atomic mass is 10.2. The molecule has 2 aromatic rings. The van der Waals surface area contributed by atoms with Gasteiger partial charge in [0.15, 0.2) is 6.61 Å². The van der Waals surface area contributed by atoms with Crippen LogP contribution in [0, 0.1) is 17.2 Å². The van der Waals surface area contributed by atoms with Crippen molar-refractivity contribution in [1.82, 2.24) is 4.90 Å². The molecular weight excluding hydrogens is 328 g/mol. The van der Waals surface area contributed by atoms with E-state index in [2.05, 4.69) is 13.0 Å². The second kappa shape index (κ2) is 6.87. The number of amides is 1. The fourth-order valence-corrected chi connectivity index (χ4v) is 3.26. The van der Waals surface area contributed by atoms with Crippen molar-refractivity contribution in [2.24, 2.45) is 5.92 Å². The van der Waals surface area contributed by atoms with E-state index in [1.807, 2.05) is 17.0 Å². The third-order valence-corrected chi connectivity index (χ3v) is 5.12. The second-order valence-corrected chi connectivity index (χ2v) is 7.30. The molecule has 1 heterocycles. The van der Waals surface area contributed by atoms with Crippen molar-refractivity contribution in [3.05, 3.63) is 53.5 Å². The molecule has 5 nitrogen and oxygen atoms in total. The molecule has 2 aliphatic rings. The van der Waals surface area contributed by atoms with Gasteiger partial charge in [-0.05, 0) is 55.5 Å². The van der Waals surface area contributed by atoms with Gasteiger partial charge in [-0.15, -0.1) is 0 Å². The van der Waals surface area contributed by atoms with Gasteiger partial charge in [0, 0.05) is 12.0 Å². The molecule has 1 amide bonds. The van der Waals surface area contributed by atoms with Crippen LogP contribution in [-0.2, 0) is 11.3 Å². The maximum absolute atomic E-state index is 12.7. The highest BCUT2D eigenvalue weighted by Crippen LogP contribution is 2.47. The van der Waals surface area contributed by atoms with Crippen LogP contribution in [0.4, 0.5) is 0 Å². The summed E-state index contributed by atoms with van der Waals surface area (Å²) in [6, 6.07) is 13.2. The van der Waals surface area contributed by atoms with Crippen molar-refractivity contribution >= 4 is 5.91 Å². The van der Waals surface area contributed by atoms with Gasteiger partial charge in [-0.3, -0.25) is 4.79 Å². The molecule has 0 bridgehead atoms. The van der Waals surface area contributed by atoms with Crippen molar-refractivity contribution in [3.8, 4) is 11.8 Å². The zero-order chi connectivity index (χ0) is 18.1. The summed E-state index contributed by atoms with van der Waals surface area (Å²) in [7, 11) is 0. The first kappa shape index (κ1) is 16.7. The van der Waals surface area contributed by atoms with E-state index in [4.69, 9.17) is 14.4 Å². The van der Waals surface area contributed by atoms with Crippen LogP contribution in [0.15, 0.2) is 40.8 Å². The number of ether oxygens (including phenoxy) is 1. The monoisotopic (exact) mass is 350 g/mol. The van der Waals surface area contributed by atoms with Gasteiger partial charge in [-0.2, -0.15) is 5.26 Å². The Kier molecular flexibility index (Phi) is 4.42. The van der Waals surface area contributed by atoms with E-state index in [1.165, 1.54) is 6.42 Å². The first-order valence-electron chi connectivity index (χ1n) is 9.15. The molecule has 2 aliphatic carbocycles. The Labute approximate surface area is 153 Å². The molecule has 1 aromatic carbocycles. The summed E-state index contributed by atoms with van der Waals surface area (Å²) in [6.45, 7) is 2.69. The fourth-order valence-electron chi connectivity index (χ4n) is 3.26. The lowest BCUT2D eigenvalue weighted by molar-refractivity contribution is -0.134. The highest BCUT2D eigenvalue weighted by Gasteiger charge is 2.37. The zero-order valence-corrected chi connectivity index (χ0v) is 14.9. The van der Waals surface area contributed by atoms with Gasteiger partial charge in [0.2, 0.25) is 0 Å². The van der Waals surface area contributed by atoms with Crippen LogP contribution in [0.5, 0.6) is 5.75 Å². The van der Waals surface area contributed by atoms with Gasteiger partial charge >= 0.3 is 0 Å². The summed E-state index contributed by atoms with van der Waals surface area (Å²) in [5.74, 6) is 3.62. The molecule has 0 aliphatic heterocycles. The Morgan fingerprint density at radius 1 is 1.35 bits per heavy atom. The maximum atomic E-state index is 12.7. The summed E-state index contributed by atoms with van der Waals surface area (Å²) < 4.78 is 11.6. The van der Waals surface area contributed by atoms with Crippen LogP contribution in [-0.4, -0.2) is 23.5 Å². The average Bonchev–Trinajstić information content (AvgIpc) is 3.58. The van der Waals surface area contributed by atoms with E-state index in [-0.39, 0.29) is 18.6 Å². The largest absolute Gasteiger partial charge is 0.484 e. The summed E-state index contributed by atoms with van der Waals surface area (Å²) in [6.07, 6.45) is 3.25. The average molecular weight is 350 g/mol. The Morgan fingerprint density at radius 3 is 2.85 bits per heavy atom. The van der Waals surface area contributed by atoms with Crippen LogP contribution < -0.4 is 4.74 Å². The van der Waals surface area contributed by atoms with E-state index >= 15 is 0 Å². The van der Waals surface area contributed by atoms with Crippen LogP contribution in [0.3, 0.4) is 0 Å². The standard InChI is InChI=1S/C21H22N2O3/c1-14-9-19(14)20-8-7-18(26-20)12-23(16-5-6-16)21(24)13-25-17-4-2-3-15(10-17)11-22/h2-4,7-8,10,14,16,19H,5-6,9,12-13H2,1H3. The second-order valence-electron chi connectivity index (χ2n) is 7.30. The van der Waals surface area contributed by atoms with Crippen LogP contribution in [0.2, 0.25) is 0 Å². The van der Waals surface area contributed by atoms with Crippen LogP contribution in [0.1, 0.15) is 49.2 Å². The quantitative estimate of drug-likeness (QED) is 0.761. The van der Waals surface area contributed by atoms with Gasteiger partial charge in [-0.1, -0.05) is 13.0 Å². The predicted molar refractivity (Wildman–Crippen MR) is 95.5 cm³/mol. The molecule has 2 fully saturated rings. The molecule has 2 saturated carbocycles. The van der Waals surface area contributed by atoms with Crippen molar-refractivity contribution in [3.63, 3.8) is 0 Å². The molecule has 2 unspecified atom stereocenters. The van der Waals surface area contributed by atoms with Crippen molar-refractivity contribution in [2.45, 2.75) is 44.7 Å². The normalized spacial score (nSPS) is 21.1. The van der Waals surface area contributed by atoms with Gasteiger partial charge in [-0.25, -0.2) is 0 Å². The number of rotatable bonds is 7. The van der Waals surface area contributed by atoms with Gasteiger partial charge in [0.1, 0.15) is 17.3 Å². The Morgan fingerprint density at radius 2 is 2.15 bits per heavy atom. The highest BCUT2D eigenvalue weighted by atomic mass is 16.5. The van der Waals surface area contributed by atoms with Gasteiger partial charge in [0.25, 0.3) is 5.91 Å². The molecule has 0 N–H and O–H groups in total. The lowest BCUT2D eigenvalue weighted by Gasteiger charge is -2.21. The smallest absolute Gasteiger partial charge is 0.261 e. The molecule has 5 heteroatoms. The Bertz CT molecular complexity index is 847. The van der Waals surface area contributed by atoms with Crippen LogP contribution >= 0.6 is 0 Å². The zero-order valence-electron chi connectivity index (χ0n) is 14.9. The lowest BCUT2D eigenvalue weighted by Crippen LogP contribution is -2.36. The molecule has 1 aromatic heterocycles. The number of carbonyl (C=O) groups excluding carboxylic acids is 1. The Hall–Kier alpha value is -2.74. The number of furan rings is 1. The minimum Gasteiger partial charge on any atom is -0.484 e. The number of nitriles is 1. The van der Waals surface area contributed by atoms with E-state index < -0.39 is 0 Å². The van der Waals surface area contributed by atoms with E-state index in [1.54, 1.807) is 24.3 Å². The highest BCUT2D eigenvalue weighted by molar-refractivity contribution is 5.78. The first-order chi connectivity index (χ1) is 12.6. The number of nitrogens with zero attached hydrogens (tertiary/aromatic N) is 2. The van der Waals surface area contributed by atoms with Gasteiger partial charge < -0.3 is 14.1 Å². The van der Waals surface area contributed by atoms with Crippen molar-refractivity contribution in [2.75, 3.05) is 6.61 Å². The number of hydrogen-bond acceptors (Lipinski definition) is 4. The summed E-state index contributed by atoms with van der Waals surface area (Å²) in [4.78, 5) is 14.5. The minimum atomic E-state index is -0.0485. The summed E-state index contributed by atoms with van der Waals surface area (Å²) in [5, 5.41) is 8.94. The molecule has 134 valence electrons. The topological polar surface area (TPSA) is 66.5 Å². The van der Waals surface area contributed by atoms with Crippen molar-refractivity contribution in [1.29, 1.82) is 5.26 Å². The van der Waals surface area contributed by atoms with E-state index in [9.17, 15) is 4.79 Å². The molecule has 0 radical (unpaired) electrons. The molecule has 0 spiro atoms. The van der Waals surface area contributed by atoms with Gasteiger partial charge in [0.05, 0.1) is 18.2 Å². The third-order valence-electron chi connectivity index (χ3n) is 5.12. The molecule has 4 rings (SSSR count). The fraction of sp³-hybridized carbons (Fsp3) is 0.429. The van der Waals surface area contributed by atoms with E-state index in [0.717, 1.165) is 24.4 Å². The molecule has 2 atom stereocenters. The summed E-state index contributed by atoms with van der Waals surface area (Å²) in [5.41, 5.74) is 0.520. The minimum absolute atomic E-state index is 0.0292. The number of carbonyl (C=O) groups is 1. The first-order valence-corrected chi connectivity index (χ1v) is 9.15. The summed E-state index contributed by atoms with van der Waals surface area (Å²) >= 11 is 0. The Balaban J connectivity index is 1.37. The van der Waals surface area contributed by atoms with Crippen molar-refractivity contribution < 1.29 is 13.9 Å². The molecular formula is C21H22N2O3. The number of hydrogen-bond donors (Lipinski definition) is 0. The number of benzene rings is 1. The van der Waals surface area contributed by atoms with E-state index in [0.29, 0.717) is 29.7 Å².